The van der Waals surface area contributed by atoms with Gasteiger partial charge in [-0.05, 0) is 30.3 Å². The quantitative estimate of drug-likeness (QED) is 0.826. The number of rotatable bonds is 3. The monoisotopic (exact) mass is 232 g/mol. The maximum Gasteiger partial charge on any atom is 0.227 e. The van der Waals surface area contributed by atoms with Gasteiger partial charge in [0.05, 0.1) is 5.69 Å². The lowest BCUT2D eigenvalue weighted by atomic mass is 10.1. The Bertz CT molecular complexity index is 545. The molecule has 17 heavy (non-hydrogen) atoms. The Hall–Kier alpha value is -2.37. The number of hydrogen-bond acceptors (Lipinski definition) is 5. The molecular weight excluding hydrogens is 223 g/mol. The molecule has 0 saturated carbocycles. The van der Waals surface area contributed by atoms with E-state index in [1.165, 1.54) is 24.5 Å². The molecule has 2 aromatic rings. The van der Waals surface area contributed by atoms with E-state index in [9.17, 15) is 9.30 Å². The normalized spacial score (nSPS) is 10.0. The zero-order chi connectivity index (χ0) is 12.3. The molecule has 2 rings (SSSR count). The van der Waals surface area contributed by atoms with E-state index in [-0.39, 0.29) is 17.3 Å². The van der Waals surface area contributed by atoms with Gasteiger partial charge < -0.3 is 5.32 Å². The number of anilines is 2. The summed E-state index contributed by atoms with van der Waals surface area (Å²) in [5, 5.41) is 5.61. The van der Waals surface area contributed by atoms with Crippen molar-refractivity contribution in [3.8, 4) is 0 Å². The Kier molecular flexibility index (Phi) is 3.04. The van der Waals surface area contributed by atoms with Crippen LogP contribution in [0.5, 0.6) is 0 Å². The predicted octanol–water partition coefficient (Wildman–Crippen LogP) is 3.07. The fraction of sp³-hybridized carbons (Fsp3) is 0.0909. The number of nitroso groups, excluding NO2 is 1. The van der Waals surface area contributed by atoms with Crippen LogP contribution >= 0.6 is 0 Å². The first-order valence-electron chi connectivity index (χ1n) is 4.89. The highest BCUT2D eigenvalue weighted by Gasteiger charge is 2.11. The third-order valence-corrected chi connectivity index (χ3v) is 2.28. The van der Waals surface area contributed by atoms with Crippen LogP contribution in [-0.2, 0) is 0 Å². The first-order valence-corrected chi connectivity index (χ1v) is 4.89. The smallest absolute Gasteiger partial charge is 0.227 e. The zero-order valence-corrected chi connectivity index (χ0v) is 9.01. The average Bonchev–Trinajstić information content (AvgIpc) is 2.37. The van der Waals surface area contributed by atoms with Crippen molar-refractivity contribution in [2.45, 2.75) is 6.92 Å². The summed E-state index contributed by atoms with van der Waals surface area (Å²) < 4.78 is 13.4. The van der Waals surface area contributed by atoms with Gasteiger partial charge in [0.25, 0.3) is 0 Å². The Morgan fingerprint density at radius 1 is 1.29 bits per heavy atom. The Morgan fingerprint density at radius 3 is 2.65 bits per heavy atom. The SMILES string of the molecule is Cc1c(F)ccc(N=O)c1Nc1ncccn1. The molecular formula is C11H9FN4O. The second-order valence-electron chi connectivity index (χ2n) is 3.36. The van der Waals surface area contributed by atoms with Crippen molar-refractivity contribution in [1.82, 2.24) is 9.97 Å². The molecule has 0 spiro atoms. The van der Waals surface area contributed by atoms with Crippen molar-refractivity contribution < 1.29 is 4.39 Å². The van der Waals surface area contributed by atoms with Crippen molar-refractivity contribution in [2.24, 2.45) is 5.18 Å². The van der Waals surface area contributed by atoms with Crippen molar-refractivity contribution in [1.29, 1.82) is 0 Å². The van der Waals surface area contributed by atoms with Gasteiger partial charge in [0.1, 0.15) is 11.5 Å². The molecule has 0 aliphatic carbocycles. The van der Waals surface area contributed by atoms with E-state index >= 15 is 0 Å². The van der Waals surface area contributed by atoms with E-state index in [0.717, 1.165) is 0 Å². The van der Waals surface area contributed by atoms with Crippen LogP contribution in [0, 0.1) is 17.6 Å². The molecule has 1 aromatic carbocycles. The highest BCUT2D eigenvalue weighted by Crippen LogP contribution is 2.31. The summed E-state index contributed by atoms with van der Waals surface area (Å²) in [6.45, 7) is 1.55. The van der Waals surface area contributed by atoms with Crippen LogP contribution in [0.2, 0.25) is 0 Å². The summed E-state index contributed by atoms with van der Waals surface area (Å²) in [4.78, 5) is 18.5. The Labute approximate surface area is 96.7 Å². The second-order valence-corrected chi connectivity index (χ2v) is 3.36. The fourth-order valence-electron chi connectivity index (χ4n) is 1.38. The number of hydrogen-bond donors (Lipinski definition) is 1. The van der Waals surface area contributed by atoms with Crippen LogP contribution in [-0.4, -0.2) is 9.97 Å². The van der Waals surface area contributed by atoms with Crippen LogP contribution in [0.15, 0.2) is 35.8 Å². The third kappa shape index (κ3) is 2.25. The van der Waals surface area contributed by atoms with E-state index in [4.69, 9.17) is 0 Å². The van der Waals surface area contributed by atoms with Gasteiger partial charge in [-0.25, -0.2) is 14.4 Å². The second kappa shape index (κ2) is 4.65. The number of halogens is 1. The van der Waals surface area contributed by atoms with Crippen molar-refractivity contribution in [2.75, 3.05) is 5.32 Å². The van der Waals surface area contributed by atoms with Gasteiger partial charge in [-0.15, -0.1) is 4.91 Å². The van der Waals surface area contributed by atoms with E-state index in [1.54, 1.807) is 13.0 Å². The summed E-state index contributed by atoms with van der Waals surface area (Å²) in [7, 11) is 0. The van der Waals surface area contributed by atoms with E-state index in [2.05, 4.69) is 20.5 Å². The summed E-state index contributed by atoms with van der Waals surface area (Å²) in [5.74, 6) is -0.137. The fourth-order valence-corrected chi connectivity index (χ4v) is 1.38. The van der Waals surface area contributed by atoms with Gasteiger partial charge in [0.15, 0.2) is 0 Å². The Balaban J connectivity index is 2.44. The number of benzene rings is 1. The van der Waals surface area contributed by atoms with Gasteiger partial charge in [0, 0.05) is 18.0 Å². The minimum Gasteiger partial charge on any atom is -0.322 e. The lowest BCUT2D eigenvalue weighted by molar-refractivity contribution is 0.619. The molecule has 0 atom stereocenters. The number of nitrogens with one attached hydrogen (secondary N) is 1. The summed E-state index contributed by atoms with van der Waals surface area (Å²) in [6.07, 6.45) is 3.08. The summed E-state index contributed by atoms with van der Waals surface area (Å²) in [6, 6.07) is 4.16. The number of nitrogens with zero attached hydrogens (tertiary/aromatic N) is 3. The molecule has 0 bridgehead atoms. The molecule has 0 saturated heterocycles. The largest absolute Gasteiger partial charge is 0.322 e. The highest BCUT2D eigenvalue weighted by atomic mass is 19.1. The van der Waals surface area contributed by atoms with Crippen molar-refractivity contribution in [3.63, 3.8) is 0 Å². The standard InChI is InChI=1S/C11H9FN4O/c1-7-8(12)3-4-9(16-17)10(7)15-11-13-5-2-6-14-11/h2-6H,1H3,(H,13,14,15). The molecule has 0 unspecified atom stereocenters. The predicted molar refractivity (Wildman–Crippen MR) is 61.9 cm³/mol. The molecule has 6 heteroatoms. The molecule has 0 aliphatic heterocycles. The zero-order valence-electron chi connectivity index (χ0n) is 9.01. The molecule has 0 aliphatic rings. The van der Waals surface area contributed by atoms with Gasteiger partial charge in [-0.3, -0.25) is 0 Å². The van der Waals surface area contributed by atoms with Crippen LogP contribution in [0.4, 0.5) is 21.7 Å². The van der Waals surface area contributed by atoms with Gasteiger partial charge >= 0.3 is 0 Å². The van der Waals surface area contributed by atoms with Crippen LogP contribution in [0.3, 0.4) is 0 Å². The first kappa shape index (κ1) is 11.1. The topological polar surface area (TPSA) is 67.2 Å². The van der Waals surface area contributed by atoms with Gasteiger partial charge in [-0.2, -0.15) is 0 Å². The molecule has 0 radical (unpaired) electrons. The lowest BCUT2D eigenvalue weighted by Crippen LogP contribution is -1.99. The maximum atomic E-state index is 13.4. The molecule has 1 N–H and O–H groups in total. The Morgan fingerprint density at radius 2 is 2.00 bits per heavy atom. The van der Waals surface area contributed by atoms with E-state index in [1.807, 2.05) is 0 Å². The first-order chi connectivity index (χ1) is 8.22. The lowest BCUT2D eigenvalue weighted by Gasteiger charge is -2.09. The highest BCUT2D eigenvalue weighted by molar-refractivity contribution is 5.73. The van der Waals surface area contributed by atoms with E-state index in [0.29, 0.717) is 5.56 Å². The minimum atomic E-state index is -0.421. The van der Waals surface area contributed by atoms with Gasteiger partial charge in [-0.1, -0.05) is 0 Å². The average molecular weight is 232 g/mol. The summed E-state index contributed by atoms with van der Waals surface area (Å²) in [5.41, 5.74) is 0.706. The molecule has 1 aromatic heterocycles. The summed E-state index contributed by atoms with van der Waals surface area (Å²) >= 11 is 0. The molecule has 1 heterocycles. The van der Waals surface area contributed by atoms with Gasteiger partial charge in [0.2, 0.25) is 5.95 Å². The van der Waals surface area contributed by atoms with Crippen LogP contribution in [0.1, 0.15) is 5.56 Å². The van der Waals surface area contributed by atoms with Crippen LogP contribution in [0.25, 0.3) is 0 Å². The molecule has 86 valence electrons. The maximum absolute atomic E-state index is 13.4. The molecule has 5 nitrogen and oxygen atoms in total. The van der Waals surface area contributed by atoms with Crippen LogP contribution < -0.4 is 5.32 Å². The van der Waals surface area contributed by atoms with Crippen molar-refractivity contribution >= 4 is 17.3 Å². The minimum absolute atomic E-state index is 0.122. The molecule has 0 amide bonds. The number of aromatic nitrogens is 2. The van der Waals surface area contributed by atoms with Crippen molar-refractivity contribution in [3.05, 3.63) is 46.9 Å². The van der Waals surface area contributed by atoms with E-state index < -0.39 is 5.82 Å². The molecule has 0 fully saturated rings. The third-order valence-electron chi connectivity index (χ3n) is 2.28.